The minimum atomic E-state index is -0.177. The topological polar surface area (TPSA) is 20.3 Å². The third kappa shape index (κ3) is 1.83. The Balaban J connectivity index is 2.24. The first-order valence-corrected chi connectivity index (χ1v) is 6.73. The lowest BCUT2D eigenvalue weighted by Crippen LogP contribution is -2.23. The zero-order chi connectivity index (χ0) is 13.6. The normalized spacial score (nSPS) is 17.7. The van der Waals surface area contributed by atoms with E-state index >= 15 is 0 Å². The van der Waals surface area contributed by atoms with E-state index in [4.69, 9.17) is 23.2 Å². The van der Waals surface area contributed by atoms with E-state index in [0.29, 0.717) is 15.7 Å². The largest absolute Gasteiger partial charge is 0.277 e. The molecule has 0 saturated carbocycles. The average Bonchev–Trinajstić information content (AvgIpc) is 2.64. The number of amides is 1. The van der Waals surface area contributed by atoms with Crippen molar-refractivity contribution in [2.24, 2.45) is 0 Å². The third-order valence-corrected chi connectivity index (χ3v) is 4.01. The van der Waals surface area contributed by atoms with Gasteiger partial charge in [-0.2, -0.15) is 0 Å². The van der Waals surface area contributed by atoms with E-state index in [1.54, 1.807) is 23.1 Å². The molecule has 1 aliphatic heterocycles. The van der Waals surface area contributed by atoms with Crippen LogP contribution in [-0.4, -0.2) is 5.91 Å². The fraction of sp³-hybridized carbons (Fsp3) is 0.133. The molecule has 1 amide bonds. The number of hydrogen-bond acceptors (Lipinski definition) is 1. The first-order chi connectivity index (χ1) is 9.11. The highest BCUT2D eigenvalue weighted by Gasteiger charge is 2.36. The predicted molar refractivity (Wildman–Crippen MR) is 78.5 cm³/mol. The molecule has 1 unspecified atom stereocenters. The minimum Gasteiger partial charge on any atom is -0.277 e. The molecule has 2 aromatic carbocycles. The van der Waals surface area contributed by atoms with Crippen molar-refractivity contribution in [2.45, 2.75) is 12.8 Å². The maximum atomic E-state index is 12.5. The van der Waals surface area contributed by atoms with Crippen LogP contribution in [0.25, 0.3) is 0 Å². The first kappa shape index (κ1) is 12.5. The van der Waals surface area contributed by atoms with Gasteiger partial charge in [-0.25, -0.2) is 0 Å². The lowest BCUT2D eigenvalue weighted by atomic mass is 10.0. The Bertz CT molecular complexity index is 649. The van der Waals surface area contributed by atoms with Gasteiger partial charge in [0.1, 0.15) is 0 Å². The van der Waals surface area contributed by atoms with Crippen LogP contribution in [0.4, 0.5) is 11.4 Å². The molecule has 0 bridgehead atoms. The van der Waals surface area contributed by atoms with Gasteiger partial charge in [0.2, 0.25) is 5.91 Å². The number of carbonyl (C=O) groups excluding carboxylic acids is 1. The van der Waals surface area contributed by atoms with Gasteiger partial charge in [0.15, 0.2) is 0 Å². The van der Waals surface area contributed by atoms with Gasteiger partial charge in [-0.1, -0.05) is 47.5 Å². The van der Waals surface area contributed by atoms with Crippen molar-refractivity contribution >= 4 is 40.5 Å². The highest BCUT2D eigenvalue weighted by atomic mass is 35.5. The lowest BCUT2D eigenvalue weighted by molar-refractivity contribution is -0.118. The molecule has 0 aromatic heterocycles. The predicted octanol–water partition coefficient (Wildman–Crippen LogP) is 4.78. The van der Waals surface area contributed by atoms with E-state index in [9.17, 15) is 4.79 Å². The molecular formula is C15H11Cl2NO. The molecule has 2 aromatic rings. The molecular weight excluding hydrogens is 281 g/mol. The first-order valence-electron chi connectivity index (χ1n) is 5.98. The van der Waals surface area contributed by atoms with Crippen LogP contribution in [0.2, 0.25) is 10.0 Å². The Kier molecular flexibility index (Phi) is 3.00. The molecule has 0 fully saturated rings. The van der Waals surface area contributed by atoms with Crippen LogP contribution in [0.5, 0.6) is 0 Å². The summed E-state index contributed by atoms with van der Waals surface area (Å²) >= 11 is 12.4. The van der Waals surface area contributed by atoms with Gasteiger partial charge in [0.05, 0.1) is 27.3 Å². The minimum absolute atomic E-state index is 0.00352. The molecule has 0 aliphatic carbocycles. The number of anilines is 2. The lowest BCUT2D eigenvalue weighted by Gasteiger charge is -2.20. The molecule has 3 rings (SSSR count). The monoisotopic (exact) mass is 291 g/mol. The number of rotatable bonds is 1. The molecule has 0 spiro atoms. The summed E-state index contributed by atoms with van der Waals surface area (Å²) in [6.07, 6.45) is 0. The van der Waals surface area contributed by atoms with Crippen LogP contribution in [0.3, 0.4) is 0 Å². The van der Waals surface area contributed by atoms with E-state index in [1.165, 1.54) is 0 Å². The SMILES string of the molecule is CC1C(=O)N(c2c(Cl)cccc2Cl)c2ccccc21. The Morgan fingerprint density at radius 1 is 1.00 bits per heavy atom. The van der Waals surface area contributed by atoms with E-state index in [1.807, 2.05) is 31.2 Å². The van der Waals surface area contributed by atoms with Crippen molar-refractivity contribution in [2.75, 3.05) is 4.90 Å². The molecule has 2 nitrogen and oxygen atoms in total. The number of carbonyl (C=O) groups is 1. The van der Waals surface area contributed by atoms with Crippen molar-refractivity contribution in [3.63, 3.8) is 0 Å². The maximum Gasteiger partial charge on any atom is 0.238 e. The van der Waals surface area contributed by atoms with Gasteiger partial charge in [0.25, 0.3) is 0 Å². The third-order valence-electron chi connectivity index (χ3n) is 3.40. The van der Waals surface area contributed by atoms with Gasteiger partial charge in [-0.05, 0) is 30.7 Å². The standard InChI is InChI=1S/C15H11Cl2NO/c1-9-10-5-2-3-8-13(10)18(15(9)19)14-11(16)6-4-7-12(14)17/h2-9H,1H3. The fourth-order valence-corrected chi connectivity index (χ4v) is 3.00. The van der Waals surface area contributed by atoms with Crippen molar-refractivity contribution in [1.29, 1.82) is 0 Å². The summed E-state index contributed by atoms with van der Waals surface area (Å²) in [5.74, 6) is -0.181. The Hall–Kier alpha value is -1.51. The summed E-state index contributed by atoms with van der Waals surface area (Å²) in [5, 5.41) is 0.953. The molecule has 96 valence electrons. The second-order valence-corrected chi connectivity index (χ2v) is 5.34. The second kappa shape index (κ2) is 4.55. The van der Waals surface area contributed by atoms with E-state index < -0.39 is 0 Å². The summed E-state index contributed by atoms with van der Waals surface area (Å²) in [7, 11) is 0. The molecule has 0 N–H and O–H groups in total. The number of para-hydroxylation sites is 2. The molecule has 0 saturated heterocycles. The fourth-order valence-electron chi connectivity index (χ4n) is 2.44. The van der Waals surface area contributed by atoms with Crippen molar-refractivity contribution in [3.05, 3.63) is 58.1 Å². The maximum absolute atomic E-state index is 12.5. The molecule has 0 radical (unpaired) electrons. The zero-order valence-corrected chi connectivity index (χ0v) is 11.7. The van der Waals surface area contributed by atoms with Crippen LogP contribution in [0, 0.1) is 0 Å². The van der Waals surface area contributed by atoms with Gasteiger partial charge in [-0.3, -0.25) is 9.69 Å². The molecule has 4 heteroatoms. The highest BCUT2D eigenvalue weighted by Crippen LogP contribution is 2.46. The van der Waals surface area contributed by atoms with Gasteiger partial charge >= 0.3 is 0 Å². The molecule has 1 atom stereocenters. The Morgan fingerprint density at radius 3 is 2.32 bits per heavy atom. The highest BCUT2D eigenvalue weighted by molar-refractivity contribution is 6.40. The van der Waals surface area contributed by atoms with E-state index in [0.717, 1.165) is 11.3 Å². The van der Waals surface area contributed by atoms with Gasteiger partial charge in [0, 0.05) is 0 Å². The summed E-state index contributed by atoms with van der Waals surface area (Å²) in [6.45, 7) is 1.89. The zero-order valence-electron chi connectivity index (χ0n) is 10.2. The molecule has 1 aliphatic rings. The van der Waals surface area contributed by atoms with Crippen LogP contribution in [0.15, 0.2) is 42.5 Å². The average molecular weight is 292 g/mol. The number of benzene rings is 2. The number of hydrogen-bond donors (Lipinski definition) is 0. The number of halogens is 2. The summed E-state index contributed by atoms with van der Waals surface area (Å²) < 4.78 is 0. The van der Waals surface area contributed by atoms with Gasteiger partial charge in [-0.15, -0.1) is 0 Å². The van der Waals surface area contributed by atoms with E-state index in [2.05, 4.69) is 0 Å². The van der Waals surface area contributed by atoms with Crippen molar-refractivity contribution in [1.82, 2.24) is 0 Å². The van der Waals surface area contributed by atoms with Crippen molar-refractivity contribution < 1.29 is 4.79 Å². The smallest absolute Gasteiger partial charge is 0.238 e. The number of fused-ring (bicyclic) bond motifs is 1. The quantitative estimate of drug-likeness (QED) is 0.741. The van der Waals surface area contributed by atoms with Crippen LogP contribution in [-0.2, 0) is 4.79 Å². The second-order valence-electron chi connectivity index (χ2n) is 4.52. The Morgan fingerprint density at radius 2 is 1.63 bits per heavy atom. The van der Waals surface area contributed by atoms with Gasteiger partial charge < -0.3 is 0 Å². The van der Waals surface area contributed by atoms with Crippen LogP contribution >= 0.6 is 23.2 Å². The van der Waals surface area contributed by atoms with Crippen LogP contribution < -0.4 is 4.90 Å². The molecule has 19 heavy (non-hydrogen) atoms. The molecule has 1 heterocycles. The van der Waals surface area contributed by atoms with Crippen LogP contribution in [0.1, 0.15) is 18.4 Å². The Labute approximate surface area is 121 Å². The number of nitrogens with zero attached hydrogens (tertiary/aromatic N) is 1. The van der Waals surface area contributed by atoms with E-state index in [-0.39, 0.29) is 11.8 Å². The summed E-state index contributed by atoms with van der Waals surface area (Å²) in [4.78, 5) is 14.1. The summed E-state index contributed by atoms with van der Waals surface area (Å²) in [6, 6.07) is 13.0. The summed E-state index contributed by atoms with van der Waals surface area (Å²) in [5.41, 5.74) is 2.42. The van der Waals surface area contributed by atoms with Crippen molar-refractivity contribution in [3.8, 4) is 0 Å².